The van der Waals surface area contributed by atoms with Crippen LogP contribution >= 0.6 is 34.8 Å². The molecule has 2 aliphatic rings. The van der Waals surface area contributed by atoms with Gasteiger partial charge in [-0.25, -0.2) is 5.01 Å². The van der Waals surface area contributed by atoms with Crippen LogP contribution in [0.2, 0.25) is 10.0 Å². The van der Waals surface area contributed by atoms with E-state index in [1.807, 2.05) is 48.5 Å². The molecule has 6 heteroatoms. The Balaban J connectivity index is 1.73. The summed E-state index contributed by atoms with van der Waals surface area (Å²) in [5.41, 5.74) is 4.26. The van der Waals surface area contributed by atoms with Crippen molar-refractivity contribution in [1.29, 1.82) is 0 Å². The highest BCUT2D eigenvalue weighted by Crippen LogP contribution is 2.44. The molecule has 0 spiro atoms. The first-order valence-electron chi connectivity index (χ1n) is 9.25. The number of fused-ring (bicyclic) bond motifs is 1. The van der Waals surface area contributed by atoms with E-state index < -0.39 is 0 Å². The topological polar surface area (TPSA) is 32.7 Å². The largest absolute Gasteiger partial charge is 0.272 e. The highest BCUT2D eigenvalue weighted by Gasteiger charge is 2.43. The van der Waals surface area contributed by atoms with Crippen molar-refractivity contribution in [2.45, 2.75) is 25.3 Å². The van der Waals surface area contributed by atoms with Gasteiger partial charge in [-0.2, -0.15) is 5.10 Å². The van der Waals surface area contributed by atoms with Gasteiger partial charge in [-0.1, -0.05) is 47.5 Å². The standard InChI is InChI=1S/C22H19Cl3N2O/c23-13-20(28)27-22(15-6-10-18(25)11-7-15)19-3-1-2-16(21(19)26-27)12-14-4-8-17(24)9-5-14/h4-12,19,22H,1-3,13H2/b16-12-/t19-,22-/m1/s1. The fraction of sp³-hybridized carbons (Fsp3) is 0.273. The molecule has 1 heterocycles. The molecule has 4 rings (SSSR count). The second-order valence-electron chi connectivity index (χ2n) is 7.07. The van der Waals surface area contributed by atoms with Gasteiger partial charge in [-0.15, -0.1) is 11.6 Å². The molecular formula is C22H19Cl3N2O. The number of amides is 1. The first-order valence-corrected chi connectivity index (χ1v) is 10.5. The van der Waals surface area contributed by atoms with Crippen LogP contribution in [0, 0.1) is 5.92 Å². The Kier molecular flexibility index (Phi) is 5.77. The Morgan fingerprint density at radius 2 is 1.71 bits per heavy atom. The molecule has 0 unspecified atom stereocenters. The van der Waals surface area contributed by atoms with Crippen molar-refractivity contribution in [3.8, 4) is 0 Å². The average molecular weight is 434 g/mol. The molecule has 1 amide bonds. The van der Waals surface area contributed by atoms with E-state index in [2.05, 4.69) is 6.08 Å². The lowest BCUT2D eigenvalue weighted by Crippen LogP contribution is -2.32. The van der Waals surface area contributed by atoms with Crippen LogP contribution in [0.5, 0.6) is 0 Å². The maximum Gasteiger partial charge on any atom is 0.258 e. The number of carbonyl (C=O) groups is 1. The Bertz CT molecular complexity index is 935. The maximum absolute atomic E-state index is 12.5. The van der Waals surface area contributed by atoms with Gasteiger partial charge in [-0.05, 0) is 66.3 Å². The number of hydrogen-bond acceptors (Lipinski definition) is 2. The number of rotatable bonds is 3. The minimum atomic E-state index is -0.186. The summed E-state index contributed by atoms with van der Waals surface area (Å²) in [6.07, 6.45) is 5.12. The third-order valence-corrected chi connectivity index (χ3v) is 6.03. The molecule has 144 valence electrons. The van der Waals surface area contributed by atoms with E-state index in [1.165, 1.54) is 5.57 Å². The summed E-state index contributed by atoms with van der Waals surface area (Å²) in [6.45, 7) is 0. The van der Waals surface area contributed by atoms with Gasteiger partial charge in [0.1, 0.15) is 5.88 Å². The van der Waals surface area contributed by atoms with Gasteiger partial charge in [0.05, 0.1) is 11.8 Å². The SMILES string of the molecule is O=C(CCl)N1N=C2/C(=C\c3ccc(Cl)cc3)CCC[C@H]2[C@H]1c1ccc(Cl)cc1. The van der Waals surface area contributed by atoms with E-state index in [4.69, 9.17) is 39.9 Å². The van der Waals surface area contributed by atoms with Crippen molar-refractivity contribution in [2.75, 3.05) is 5.88 Å². The van der Waals surface area contributed by atoms with Gasteiger partial charge in [0, 0.05) is 16.0 Å². The second-order valence-corrected chi connectivity index (χ2v) is 8.21. The Hall–Kier alpha value is -1.81. The predicted octanol–water partition coefficient (Wildman–Crippen LogP) is 6.36. The number of nitrogens with zero attached hydrogens (tertiary/aromatic N) is 2. The van der Waals surface area contributed by atoms with Crippen LogP contribution in [0.25, 0.3) is 6.08 Å². The molecule has 1 aliphatic heterocycles. The van der Waals surface area contributed by atoms with Gasteiger partial charge in [-0.3, -0.25) is 4.79 Å². The van der Waals surface area contributed by atoms with E-state index in [9.17, 15) is 4.79 Å². The highest BCUT2D eigenvalue weighted by molar-refractivity contribution is 6.31. The van der Waals surface area contributed by atoms with Crippen LogP contribution in [-0.2, 0) is 4.79 Å². The number of carbonyl (C=O) groups excluding carboxylic acids is 1. The number of hydrogen-bond donors (Lipinski definition) is 0. The number of allylic oxidation sites excluding steroid dienone is 1. The summed E-state index contributed by atoms with van der Waals surface area (Å²) in [5, 5.41) is 7.69. The predicted molar refractivity (Wildman–Crippen MR) is 116 cm³/mol. The number of halogens is 3. The first kappa shape index (κ1) is 19.5. The number of alkyl halides is 1. The van der Waals surface area contributed by atoms with Gasteiger partial charge in [0.25, 0.3) is 5.91 Å². The molecule has 0 bridgehead atoms. The van der Waals surface area contributed by atoms with Crippen molar-refractivity contribution in [2.24, 2.45) is 11.0 Å². The first-order chi connectivity index (χ1) is 13.6. The number of benzene rings is 2. The Morgan fingerprint density at radius 1 is 1.07 bits per heavy atom. The highest BCUT2D eigenvalue weighted by atomic mass is 35.5. The van der Waals surface area contributed by atoms with Crippen molar-refractivity contribution < 1.29 is 4.79 Å². The normalized spacial score (nSPS) is 22.9. The van der Waals surface area contributed by atoms with E-state index in [0.717, 1.165) is 36.1 Å². The molecule has 1 saturated carbocycles. The third-order valence-electron chi connectivity index (χ3n) is 5.29. The molecular weight excluding hydrogens is 415 g/mol. The lowest BCUT2D eigenvalue weighted by atomic mass is 9.77. The molecule has 2 aromatic carbocycles. The fourth-order valence-corrected chi connectivity index (χ4v) is 4.40. The molecule has 3 nitrogen and oxygen atoms in total. The summed E-state index contributed by atoms with van der Waals surface area (Å²) in [4.78, 5) is 12.5. The molecule has 1 fully saturated rings. The minimum Gasteiger partial charge on any atom is -0.272 e. The zero-order chi connectivity index (χ0) is 19.7. The van der Waals surface area contributed by atoms with Crippen molar-refractivity contribution in [3.05, 3.63) is 75.3 Å². The summed E-state index contributed by atoms with van der Waals surface area (Å²) >= 11 is 17.9. The zero-order valence-electron chi connectivity index (χ0n) is 15.1. The molecule has 0 N–H and O–H groups in total. The van der Waals surface area contributed by atoms with Gasteiger partial charge in [0.15, 0.2) is 0 Å². The van der Waals surface area contributed by atoms with Crippen LogP contribution in [0.4, 0.5) is 0 Å². The van der Waals surface area contributed by atoms with Crippen LogP contribution in [-0.4, -0.2) is 22.5 Å². The minimum absolute atomic E-state index is 0.0934. The van der Waals surface area contributed by atoms with E-state index >= 15 is 0 Å². The lowest BCUT2D eigenvalue weighted by molar-refractivity contribution is -0.130. The van der Waals surface area contributed by atoms with Gasteiger partial charge < -0.3 is 0 Å². The molecule has 0 aromatic heterocycles. The van der Waals surface area contributed by atoms with Crippen LogP contribution in [0.1, 0.15) is 36.4 Å². The molecule has 0 saturated heterocycles. The lowest BCUT2D eigenvalue weighted by Gasteiger charge is -2.29. The monoisotopic (exact) mass is 432 g/mol. The molecule has 2 aromatic rings. The molecule has 1 aliphatic carbocycles. The van der Waals surface area contributed by atoms with Crippen molar-refractivity contribution in [3.63, 3.8) is 0 Å². The van der Waals surface area contributed by atoms with Gasteiger partial charge >= 0.3 is 0 Å². The molecule has 2 atom stereocenters. The Labute approximate surface area is 179 Å². The second kappa shape index (κ2) is 8.28. The summed E-state index contributed by atoms with van der Waals surface area (Å²) < 4.78 is 0. The summed E-state index contributed by atoms with van der Waals surface area (Å²) in [5.74, 6) is -0.126. The smallest absolute Gasteiger partial charge is 0.258 e. The fourth-order valence-electron chi connectivity index (χ4n) is 4.02. The zero-order valence-corrected chi connectivity index (χ0v) is 17.4. The number of hydrazone groups is 1. The van der Waals surface area contributed by atoms with Crippen molar-refractivity contribution in [1.82, 2.24) is 5.01 Å². The van der Waals surface area contributed by atoms with Gasteiger partial charge in [0.2, 0.25) is 0 Å². The summed E-state index contributed by atoms with van der Waals surface area (Å²) in [6, 6.07) is 15.2. The van der Waals surface area contributed by atoms with E-state index in [-0.39, 0.29) is 23.7 Å². The quantitative estimate of drug-likeness (QED) is 0.519. The molecule has 0 radical (unpaired) electrons. The van der Waals surface area contributed by atoms with Crippen molar-refractivity contribution >= 4 is 52.5 Å². The summed E-state index contributed by atoms with van der Waals surface area (Å²) in [7, 11) is 0. The van der Waals surface area contributed by atoms with E-state index in [1.54, 1.807) is 5.01 Å². The van der Waals surface area contributed by atoms with Crippen LogP contribution < -0.4 is 0 Å². The molecule has 28 heavy (non-hydrogen) atoms. The van der Waals surface area contributed by atoms with E-state index in [0.29, 0.717) is 10.0 Å². The maximum atomic E-state index is 12.5. The third kappa shape index (κ3) is 3.84. The van der Waals surface area contributed by atoms with Crippen LogP contribution in [0.15, 0.2) is 59.2 Å². The average Bonchev–Trinajstić information content (AvgIpc) is 3.10. The Morgan fingerprint density at radius 3 is 2.36 bits per heavy atom. The van der Waals surface area contributed by atoms with Crippen LogP contribution in [0.3, 0.4) is 0 Å².